The molecule has 6 atom stereocenters. The van der Waals surface area contributed by atoms with Crippen molar-refractivity contribution in [2.24, 2.45) is 17.6 Å². The summed E-state index contributed by atoms with van der Waals surface area (Å²) >= 11 is 0. The van der Waals surface area contributed by atoms with Gasteiger partial charge < -0.3 is 38.9 Å². The number of hydrogen-bond acceptors (Lipinski definition) is 8. The Bertz CT molecular complexity index is 1850. The summed E-state index contributed by atoms with van der Waals surface area (Å²) in [4.78, 5) is 0. The second-order valence-corrected chi connectivity index (χ2v) is 23.7. The van der Waals surface area contributed by atoms with Crippen LogP contribution in [0.2, 0.25) is 0 Å². The monoisotopic (exact) mass is 890 g/mol. The lowest BCUT2D eigenvalue weighted by Crippen LogP contribution is -2.47. The van der Waals surface area contributed by atoms with Gasteiger partial charge in [-0.2, -0.15) is 0 Å². The number of methoxy groups -OCH3 is 3. The van der Waals surface area contributed by atoms with E-state index in [4.69, 9.17) is 38.9 Å². The SMILES string of the molecule is BC(C)(CC)c1cc(OCCCC(C)(C)OCC(C)(CC)OC)c2c(c1)C1(CC(C(C)(C)OCCC(C)(C)OC)C(C(C)(C)OCC(C)(C)OC)C1)c1cc(C(B)(CC)CN)ccc1-2. The molecule has 0 amide bonds. The standard InChI is InChI=1S/C54H93B2NO7/c1-19-51(14,60-18)36-63-47(6,7)25-22-27-61-44-31-38(52(15,55)20-2)30-41-45(44)39-24-23-37(54(56,21-3)34-57)29-40(39)53(41)32-42(49(10,11)62-28-26-46(4,5)58-16)43(33-53)50(12,13)64-35-48(8,9)59-17/h23-24,29-31,42-43H,19-22,25-28,32-36,55-57H2,1-18H3. The number of hydrogen-bond donors (Lipinski definition) is 1. The number of fused-ring (bicyclic) bond motifs is 5. The summed E-state index contributed by atoms with van der Waals surface area (Å²) in [6.45, 7) is 36.0. The van der Waals surface area contributed by atoms with Crippen molar-refractivity contribution in [2.75, 3.05) is 54.3 Å². The van der Waals surface area contributed by atoms with Gasteiger partial charge in [-0.1, -0.05) is 64.8 Å². The molecule has 2 aliphatic carbocycles. The highest BCUT2D eigenvalue weighted by Gasteiger charge is 2.60. The quantitative estimate of drug-likeness (QED) is 0.0738. The van der Waals surface area contributed by atoms with E-state index in [9.17, 15) is 0 Å². The van der Waals surface area contributed by atoms with E-state index in [2.05, 4.69) is 150 Å². The summed E-state index contributed by atoms with van der Waals surface area (Å²) in [5.41, 5.74) is 11.9. The average molecular weight is 890 g/mol. The summed E-state index contributed by atoms with van der Waals surface area (Å²) in [6, 6.07) is 12.2. The van der Waals surface area contributed by atoms with Gasteiger partial charge in [-0.3, -0.25) is 0 Å². The zero-order valence-electron chi connectivity index (χ0n) is 44.7. The van der Waals surface area contributed by atoms with Crippen LogP contribution in [-0.4, -0.2) is 104 Å². The maximum absolute atomic E-state index is 7.11. The molecule has 2 aromatic rings. The molecule has 362 valence electrons. The van der Waals surface area contributed by atoms with E-state index in [1.54, 1.807) is 21.3 Å². The largest absolute Gasteiger partial charge is 0.493 e. The van der Waals surface area contributed by atoms with Crippen molar-refractivity contribution in [1.82, 2.24) is 0 Å². The van der Waals surface area contributed by atoms with Crippen LogP contribution in [0.1, 0.15) is 177 Å². The highest BCUT2D eigenvalue weighted by Crippen LogP contribution is 2.66. The maximum Gasteiger partial charge on any atom is 0.127 e. The smallest absolute Gasteiger partial charge is 0.127 e. The van der Waals surface area contributed by atoms with Gasteiger partial charge in [0.25, 0.3) is 0 Å². The normalized spacial score (nSPS) is 22.2. The van der Waals surface area contributed by atoms with Crippen LogP contribution in [0.15, 0.2) is 30.3 Å². The maximum atomic E-state index is 7.11. The van der Waals surface area contributed by atoms with Gasteiger partial charge in [0, 0.05) is 32.3 Å². The predicted octanol–water partition coefficient (Wildman–Crippen LogP) is 10.0. The first-order chi connectivity index (χ1) is 29.5. The fourth-order valence-corrected chi connectivity index (χ4v) is 9.84. The molecule has 0 aliphatic heterocycles. The molecular formula is C54H93B2NO7. The van der Waals surface area contributed by atoms with Crippen molar-refractivity contribution in [2.45, 2.75) is 205 Å². The Morgan fingerprint density at radius 3 is 1.75 bits per heavy atom. The van der Waals surface area contributed by atoms with Gasteiger partial charge in [-0.05, 0) is 178 Å². The summed E-state index contributed by atoms with van der Waals surface area (Å²) < 4.78 is 45.3. The van der Waals surface area contributed by atoms with Crippen LogP contribution in [0.3, 0.4) is 0 Å². The van der Waals surface area contributed by atoms with Gasteiger partial charge in [-0.25, -0.2) is 0 Å². The van der Waals surface area contributed by atoms with Crippen molar-refractivity contribution >= 4 is 15.7 Å². The minimum atomic E-state index is -0.502. The van der Waals surface area contributed by atoms with Crippen molar-refractivity contribution in [3.05, 3.63) is 52.6 Å². The molecule has 6 unspecified atom stereocenters. The molecule has 1 fully saturated rings. The molecule has 0 radical (unpaired) electrons. The third kappa shape index (κ3) is 12.0. The Balaban J connectivity index is 1.94. The predicted molar refractivity (Wildman–Crippen MR) is 272 cm³/mol. The van der Waals surface area contributed by atoms with Crippen LogP contribution >= 0.6 is 0 Å². The molecule has 4 rings (SSSR count). The van der Waals surface area contributed by atoms with Gasteiger partial charge in [0.05, 0.1) is 60.0 Å². The Morgan fingerprint density at radius 1 is 0.625 bits per heavy atom. The summed E-state index contributed by atoms with van der Waals surface area (Å²) in [6.07, 6.45) is 7.19. The van der Waals surface area contributed by atoms with Crippen molar-refractivity contribution in [3.8, 4) is 16.9 Å². The van der Waals surface area contributed by atoms with E-state index >= 15 is 0 Å². The van der Waals surface area contributed by atoms with E-state index in [1.807, 2.05) is 0 Å². The van der Waals surface area contributed by atoms with E-state index in [0.717, 1.165) is 57.1 Å². The second kappa shape index (κ2) is 20.4. The summed E-state index contributed by atoms with van der Waals surface area (Å²) in [5.74, 6) is 1.26. The lowest BCUT2D eigenvalue weighted by molar-refractivity contribution is -0.157. The summed E-state index contributed by atoms with van der Waals surface area (Å²) in [7, 11) is 10.0. The fourth-order valence-electron chi connectivity index (χ4n) is 9.84. The first kappa shape index (κ1) is 54.7. The lowest BCUT2D eigenvalue weighted by Gasteiger charge is -2.43. The fraction of sp³-hybridized carbons (Fsp3) is 0.778. The number of nitrogens with two attached hydrogens (primary N) is 1. The van der Waals surface area contributed by atoms with Crippen LogP contribution in [-0.2, 0) is 44.5 Å². The molecule has 0 heterocycles. The van der Waals surface area contributed by atoms with Gasteiger partial charge in [0.2, 0.25) is 0 Å². The highest BCUT2D eigenvalue weighted by molar-refractivity contribution is 6.16. The third-order valence-corrected chi connectivity index (χ3v) is 16.7. The van der Waals surface area contributed by atoms with E-state index in [1.165, 1.54) is 33.4 Å². The lowest BCUT2D eigenvalue weighted by atomic mass is 9.61. The Hall–Kier alpha value is -1.91. The van der Waals surface area contributed by atoms with E-state index in [-0.39, 0.29) is 44.7 Å². The number of rotatable bonds is 26. The van der Waals surface area contributed by atoms with Gasteiger partial charge in [0.15, 0.2) is 0 Å². The summed E-state index contributed by atoms with van der Waals surface area (Å²) in [5, 5.41) is -0.228. The average Bonchev–Trinajstić information content (AvgIpc) is 3.81. The number of ether oxygens (including phenoxy) is 7. The molecule has 2 aliphatic rings. The molecule has 64 heavy (non-hydrogen) atoms. The second-order valence-electron chi connectivity index (χ2n) is 23.7. The van der Waals surface area contributed by atoms with Crippen molar-refractivity contribution in [1.29, 1.82) is 0 Å². The molecular weight excluding hydrogens is 796 g/mol. The Morgan fingerprint density at radius 2 is 1.22 bits per heavy atom. The molecule has 0 aromatic heterocycles. The van der Waals surface area contributed by atoms with Crippen LogP contribution in [0.5, 0.6) is 5.75 Å². The Labute approximate surface area is 393 Å². The van der Waals surface area contributed by atoms with Gasteiger partial charge >= 0.3 is 0 Å². The zero-order valence-corrected chi connectivity index (χ0v) is 44.7. The van der Waals surface area contributed by atoms with Crippen LogP contribution in [0, 0.1) is 11.8 Å². The first-order valence-corrected chi connectivity index (χ1v) is 24.7. The topological polar surface area (TPSA) is 90.6 Å². The molecule has 0 bridgehead atoms. The Kier molecular flexibility index (Phi) is 17.4. The van der Waals surface area contributed by atoms with Crippen LogP contribution in [0.25, 0.3) is 11.1 Å². The van der Waals surface area contributed by atoms with Gasteiger partial charge in [0.1, 0.15) is 21.4 Å². The van der Waals surface area contributed by atoms with Crippen LogP contribution in [0.4, 0.5) is 0 Å². The first-order valence-electron chi connectivity index (χ1n) is 24.7. The van der Waals surface area contributed by atoms with E-state index < -0.39 is 16.8 Å². The van der Waals surface area contributed by atoms with E-state index in [0.29, 0.717) is 33.0 Å². The molecule has 1 saturated carbocycles. The molecule has 2 N–H and O–H groups in total. The molecule has 0 saturated heterocycles. The van der Waals surface area contributed by atoms with Crippen LogP contribution < -0.4 is 10.5 Å². The zero-order chi connectivity index (χ0) is 48.4. The molecule has 2 aromatic carbocycles. The third-order valence-electron chi connectivity index (χ3n) is 16.7. The minimum absolute atomic E-state index is 0.0697. The minimum Gasteiger partial charge on any atom is -0.493 e. The van der Waals surface area contributed by atoms with Gasteiger partial charge in [-0.15, -0.1) is 0 Å². The molecule has 8 nitrogen and oxygen atoms in total. The van der Waals surface area contributed by atoms with Crippen molar-refractivity contribution < 1.29 is 33.2 Å². The molecule has 10 heteroatoms. The highest BCUT2D eigenvalue weighted by atomic mass is 16.6. The number of benzene rings is 2. The molecule has 1 spiro atoms. The van der Waals surface area contributed by atoms with Crippen molar-refractivity contribution in [3.63, 3.8) is 0 Å².